The van der Waals surface area contributed by atoms with E-state index in [0.717, 1.165) is 16.8 Å². The third kappa shape index (κ3) is 4.95. The predicted molar refractivity (Wildman–Crippen MR) is 134 cm³/mol. The van der Waals surface area contributed by atoms with Crippen molar-refractivity contribution < 1.29 is 14.6 Å². The molecule has 36 heavy (non-hydrogen) atoms. The van der Waals surface area contributed by atoms with E-state index in [4.69, 9.17) is 9.47 Å². The lowest BCUT2D eigenvalue weighted by Gasteiger charge is -2.33. The second kappa shape index (κ2) is 10.5. The first kappa shape index (κ1) is 24.0. The zero-order valence-corrected chi connectivity index (χ0v) is 20.4. The standard InChI is InChI=1S/C26H30N6O4/c1-17(2)24(25-28-29-30-32(25)14-18-7-4-3-5-8-18)31(9-6-10-33)15-20-11-19-12-22-23(36-16-35-22)13-21(19)27-26(20)34/h3-5,7-8,11-13,17,24,33H,6,9-10,14-16H2,1-2H3,(H,27,34)/t24-/m0/s1. The van der Waals surface area contributed by atoms with Gasteiger partial charge in [0.1, 0.15) is 0 Å². The molecule has 1 atom stereocenters. The Labute approximate surface area is 208 Å². The van der Waals surface area contributed by atoms with Crippen LogP contribution in [0.1, 0.15) is 43.3 Å². The molecule has 188 valence electrons. The van der Waals surface area contributed by atoms with Crippen LogP contribution < -0.4 is 15.0 Å². The lowest BCUT2D eigenvalue weighted by Crippen LogP contribution is -2.36. The molecule has 0 radical (unpaired) electrons. The molecule has 0 bridgehead atoms. The molecule has 0 amide bonds. The number of H-pyrrole nitrogens is 1. The van der Waals surface area contributed by atoms with Gasteiger partial charge in [-0.2, -0.15) is 0 Å². The van der Waals surface area contributed by atoms with Crippen molar-refractivity contribution in [2.75, 3.05) is 19.9 Å². The molecule has 2 aromatic carbocycles. The maximum absolute atomic E-state index is 13.1. The molecule has 0 saturated carbocycles. The van der Waals surface area contributed by atoms with E-state index in [-0.39, 0.29) is 30.9 Å². The highest BCUT2D eigenvalue weighted by Crippen LogP contribution is 2.35. The zero-order chi connectivity index (χ0) is 25.1. The largest absolute Gasteiger partial charge is 0.454 e. The average molecular weight is 491 g/mol. The lowest BCUT2D eigenvalue weighted by atomic mass is 10.00. The minimum absolute atomic E-state index is 0.0494. The first-order valence-corrected chi connectivity index (χ1v) is 12.1. The van der Waals surface area contributed by atoms with Crippen LogP contribution in [0.15, 0.2) is 53.3 Å². The van der Waals surface area contributed by atoms with Crippen LogP contribution in [0.4, 0.5) is 0 Å². The summed E-state index contributed by atoms with van der Waals surface area (Å²) in [5.41, 5.74) is 2.25. The Bertz CT molecular complexity index is 1380. The minimum atomic E-state index is -0.165. The molecule has 3 heterocycles. The molecule has 0 fully saturated rings. The first-order valence-electron chi connectivity index (χ1n) is 12.1. The summed E-state index contributed by atoms with van der Waals surface area (Å²) in [6.45, 7) is 5.95. The number of aliphatic hydroxyl groups is 1. The molecule has 2 N–H and O–H groups in total. The number of aliphatic hydroxyl groups excluding tert-OH is 1. The van der Waals surface area contributed by atoms with Crippen LogP contribution in [0.3, 0.4) is 0 Å². The Morgan fingerprint density at radius 3 is 2.67 bits per heavy atom. The van der Waals surface area contributed by atoms with Crippen molar-refractivity contribution in [3.63, 3.8) is 0 Å². The fraction of sp³-hybridized carbons (Fsp3) is 0.385. The highest BCUT2D eigenvalue weighted by atomic mass is 16.7. The number of aromatic amines is 1. The van der Waals surface area contributed by atoms with E-state index in [1.54, 1.807) is 6.07 Å². The van der Waals surface area contributed by atoms with Gasteiger partial charge in [0.25, 0.3) is 5.56 Å². The van der Waals surface area contributed by atoms with Crippen molar-refractivity contribution in [1.82, 2.24) is 30.1 Å². The van der Waals surface area contributed by atoms with E-state index in [1.165, 1.54) is 0 Å². The van der Waals surface area contributed by atoms with Crippen molar-refractivity contribution in [1.29, 1.82) is 0 Å². The summed E-state index contributed by atoms with van der Waals surface area (Å²) in [5, 5.41) is 23.1. The highest BCUT2D eigenvalue weighted by molar-refractivity contribution is 5.83. The fourth-order valence-corrected chi connectivity index (χ4v) is 4.74. The molecule has 0 saturated heterocycles. The average Bonchev–Trinajstić information content (AvgIpc) is 3.51. The Balaban J connectivity index is 1.49. The van der Waals surface area contributed by atoms with Crippen LogP contribution in [0.5, 0.6) is 11.5 Å². The second-order valence-electron chi connectivity index (χ2n) is 9.33. The smallest absolute Gasteiger partial charge is 0.252 e. The van der Waals surface area contributed by atoms with Crippen LogP contribution in [-0.2, 0) is 13.1 Å². The number of tetrazole rings is 1. The Kier molecular flexibility index (Phi) is 6.97. The van der Waals surface area contributed by atoms with Gasteiger partial charge in [-0.15, -0.1) is 5.10 Å². The summed E-state index contributed by atoms with van der Waals surface area (Å²) in [7, 11) is 0. The van der Waals surface area contributed by atoms with E-state index < -0.39 is 0 Å². The second-order valence-corrected chi connectivity index (χ2v) is 9.33. The highest BCUT2D eigenvalue weighted by Gasteiger charge is 2.30. The van der Waals surface area contributed by atoms with Crippen LogP contribution in [0.25, 0.3) is 10.9 Å². The maximum Gasteiger partial charge on any atom is 0.252 e. The summed E-state index contributed by atoms with van der Waals surface area (Å²) in [4.78, 5) is 18.2. The minimum Gasteiger partial charge on any atom is -0.454 e. The van der Waals surface area contributed by atoms with Gasteiger partial charge in [0.15, 0.2) is 17.3 Å². The number of benzene rings is 2. The molecule has 10 nitrogen and oxygen atoms in total. The maximum atomic E-state index is 13.1. The van der Waals surface area contributed by atoms with E-state index in [2.05, 4.69) is 39.3 Å². The Morgan fingerprint density at radius 1 is 1.14 bits per heavy atom. The normalized spacial score (nSPS) is 13.7. The van der Waals surface area contributed by atoms with Gasteiger partial charge in [-0.05, 0) is 40.5 Å². The van der Waals surface area contributed by atoms with E-state index in [1.807, 2.05) is 47.1 Å². The van der Waals surface area contributed by atoms with Gasteiger partial charge in [0.05, 0.1) is 18.1 Å². The summed E-state index contributed by atoms with van der Waals surface area (Å²) >= 11 is 0. The fourth-order valence-electron chi connectivity index (χ4n) is 4.74. The van der Waals surface area contributed by atoms with Gasteiger partial charge in [0.2, 0.25) is 6.79 Å². The lowest BCUT2D eigenvalue weighted by molar-refractivity contribution is 0.122. The summed E-state index contributed by atoms with van der Waals surface area (Å²) in [6.07, 6.45) is 0.563. The van der Waals surface area contributed by atoms with Crippen molar-refractivity contribution >= 4 is 10.9 Å². The molecular formula is C26H30N6O4. The quantitative estimate of drug-likeness (QED) is 0.348. The monoisotopic (exact) mass is 490 g/mol. The Morgan fingerprint density at radius 2 is 1.92 bits per heavy atom. The summed E-state index contributed by atoms with van der Waals surface area (Å²) in [6, 6.07) is 15.5. The molecule has 1 aliphatic heterocycles. The van der Waals surface area contributed by atoms with Crippen molar-refractivity contribution in [2.45, 2.75) is 39.4 Å². The topological polar surface area (TPSA) is 118 Å². The van der Waals surface area contributed by atoms with Crippen LogP contribution in [0, 0.1) is 5.92 Å². The predicted octanol–water partition coefficient (Wildman–Crippen LogP) is 2.87. The van der Waals surface area contributed by atoms with Crippen LogP contribution in [-0.4, -0.2) is 55.1 Å². The van der Waals surface area contributed by atoms with Gasteiger partial charge >= 0.3 is 0 Å². The Hall–Kier alpha value is -3.76. The van der Waals surface area contributed by atoms with Crippen LogP contribution in [0.2, 0.25) is 0 Å². The number of hydrogen-bond donors (Lipinski definition) is 2. The van der Waals surface area contributed by atoms with Gasteiger partial charge < -0.3 is 19.6 Å². The molecular weight excluding hydrogens is 460 g/mol. The number of nitrogens with one attached hydrogen (secondary N) is 1. The molecule has 4 aromatic rings. The molecule has 0 aliphatic carbocycles. The third-order valence-electron chi connectivity index (χ3n) is 6.42. The van der Waals surface area contributed by atoms with E-state index >= 15 is 0 Å². The number of hydrogen-bond acceptors (Lipinski definition) is 8. The van der Waals surface area contributed by atoms with Gasteiger partial charge in [0, 0.05) is 36.7 Å². The van der Waals surface area contributed by atoms with E-state index in [0.29, 0.717) is 48.6 Å². The number of aromatic nitrogens is 5. The molecule has 0 unspecified atom stereocenters. The molecule has 2 aromatic heterocycles. The number of nitrogens with zero attached hydrogens (tertiary/aromatic N) is 5. The zero-order valence-electron chi connectivity index (χ0n) is 20.4. The number of pyridine rings is 1. The molecule has 5 rings (SSSR count). The van der Waals surface area contributed by atoms with Gasteiger partial charge in [-0.3, -0.25) is 9.69 Å². The van der Waals surface area contributed by atoms with E-state index in [9.17, 15) is 9.90 Å². The first-order chi connectivity index (χ1) is 17.5. The summed E-state index contributed by atoms with van der Waals surface area (Å²) < 4.78 is 12.8. The van der Waals surface area contributed by atoms with Gasteiger partial charge in [-0.25, -0.2) is 4.68 Å². The SMILES string of the molecule is CC(C)[C@@H](c1nnnn1Cc1ccccc1)N(CCCO)Cc1cc2cc3c(cc2[nH]c1=O)OCO3. The number of rotatable bonds is 10. The number of ether oxygens (including phenoxy) is 2. The van der Waals surface area contributed by atoms with Crippen LogP contribution >= 0.6 is 0 Å². The van der Waals surface area contributed by atoms with Crippen molar-refractivity contribution in [3.05, 3.63) is 75.8 Å². The molecule has 10 heteroatoms. The van der Waals surface area contributed by atoms with Crippen molar-refractivity contribution in [2.24, 2.45) is 5.92 Å². The molecule has 0 spiro atoms. The summed E-state index contributed by atoms with van der Waals surface area (Å²) in [5.74, 6) is 2.17. The van der Waals surface area contributed by atoms with Crippen molar-refractivity contribution in [3.8, 4) is 11.5 Å². The van der Waals surface area contributed by atoms with Gasteiger partial charge in [-0.1, -0.05) is 44.2 Å². The third-order valence-corrected chi connectivity index (χ3v) is 6.42. The molecule has 1 aliphatic rings. The number of fused-ring (bicyclic) bond motifs is 2.